The van der Waals surface area contributed by atoms with Crippen LogP contribution in [0.1, 0.15) is 61.5 Å². The molecule has 3 nitrogen and oxygen atoms in total. The summed E-state index contributed by atoms with van der Waals surface area (Å²) in [6.45, 7) is 3.21. The van der Waals surface area contributed by atoms with Crippen LogP contribution in [0.25, 0.3) is 0 Å². The van der Waals surface area contributed by atoms with Crippen molar-refractivity contribution in [2.75, 3.05) is 6.54 Å². The maximum atomic E-state index is 4.55. The Morgan fingerprint density at radius 3 is 2.86 bits per heavy atom. The number of nitrogens with zero attached hydrogens (tertiary/aromatic N) is 2. The molecule has 1 aromatic carbocycles. The van der Waals surface area contributed by atoms with E-state index in [2.05, 4.69) is 53.1 Å². The van der Waals surface area contributed by atoms with Gasteiger partial charge in [0.15, 0.2) is 0 Å². The van der Waals surface area contributed by atoms with Crippen LogP contribution in [-0.4, -0.2) is 16.1 Å². The molecule has 0 radical (unpaired) electrons. The van der Waals surface area contributed by atoms with E-state index in [0.717, 1.165) is 24.7 Å². The molecule has 0 saturated heterocycles. The van der Waals surface area contributed by atoms with Gasteiger partial charge in [-0.3, -0.25) is 0 Å². The molecular weight excluding hydrogens is 258 g/mol. The van der Waals surface area contributed by atoms with Crippen molar-refractivity contribution in [3.8, 4) is 0 Å². The molecule has 112 valence electrons. The molecule has 0 amide bonds. The van der Waals surface area contributed by atoms with Gasteiger partial charge in [-0.05, 0) is 42.9 Å². The van der Waals surface area contributed by atoms with E-state index < -0.39 is 0 Å². The monoisotopic (exact) mass is 283 g/mol. The van der Waals surface area contributed by atoms with E-state index in [9.17, 15) is 0 Å². The molecule has 1 saturated carbocycles. The number of rotatable bonds is 6. The lowest BCUT2D eigenvalue weighted by Crippen LogP contribution is -2.26. The Balaban J connectivity index is 1.90. The van der Waals surface area contributed by atoms with Gasteiger partial charge >= 0.3 is 0 Å². The Morgan fingerprint density at radius 2 is 2.24 bits per heavy atom. The van der Waals surface area contributed by atoms with Crippen LogP contribution in [0.4, 0.5) is 0 Å². The molecule has 3 rings (SSSR count). The van der Waals surface area contributed by atoms with Gasteiger partial charge in [-0.2, -0.15) is 0 Å². The summed E-state index contributed by atoms with van der Waals surface area (Å²) in [6, 6.07) is 9.27. The van der Waals surface area contributed by atoms with Crippen LogP contribution < -0.4 is 5.32 Å². The number of hydrogen-bond acceptors (Lipinski definition) is 2. The first-order valence-electron chi connectivity index (χ1n) is 8.10. The second-order valence-corrected chi connectivity index (χ2v) is 6.08. The normalized spacial score (nSPS) is 16.7. The molecule has 1 aromatic heterocycles. The van der Waals surface area contributed by atoms with Crippen molar-refractivity contribution in [1.82, 2.24) is 14.9 Å². The fourth-order valence-electron chi connectivity index (χ4n) is 3.04. The van der Waals surface area contributed by atoms with Gasteiger partial charge in [0.2, 0.25) is 0 Å². The highest BCUT2D eigenvalue weighted by Gasteiger charge is 2.22. The molecule has 0 spiro atoms. The Bertz CT molecular complexity index is 584. The Kier molecular flexibility index (Phi) is 4.39. The summed E-state index contributed by atoms with van der Waals surface area (Å²) in [6.07, 6.45) is 9.10. The quantitative estimate of drug-likeness (QED) is 0.874. The lowest BCUT2D eigenvalue weighted by molar-refractivity contribution is 0.419. The molecule has 1 atom stereocenters. The summed E-state index contributed by atoms with van der Waals surface area (Å²) in [5.74, 6) is 1.87. The summed E-state index contributed by atoms with van der Waals surface area (Å²) >= 11 is 0. The number of aryl methyl sites for hydroxylation is 1. The summed E-state index contributed by atoms with van der Waals surface area (Å²) < 4.78 is 2.11. The lowest BCUT2D eigenvalue weighted by Gasteiger charge is -2.27. The highest BCUT2D eigenvalue weighted by atomic mass is 15.1. The molecular formula is C18H25N3. The van der Waals surface area contributed by atoms with E-state index in [4.69, 9.17) is 0 Å². The number of imidazole rings is 1. The van der Waals surface area contributed by atoms with E-state index in [1.807, 2.05) is 12.4 Å². The average molecular weight is 283 g/mol. The molecule has 1 fully saturated rings. The number of benzene rings is 1. The predicted octanol–water partition coefficient (Wildman–Crippen LogP) is 3.78. The van der Waals surface area contributed by atoms with Crippen LogP contribution in [0.2, 0.25) is 0 Å². The molecule has 0 bridgehead atoms. The third kappa shape index (κ3) is 3.03. The molecule has 1 aliphatic carbocycles. The minimum Gasteiger partial charge on any atom is -0.336 e. The molecule has 21 heavy (non-hydrogen) atoms. The van der Waals surface area contributed by atoms with Gasteiger partial charge in [-0.1, -0.05) is 37.6 Å². The van der Waals surface area contributed by atoms with Gasteiger partial charge in [0.25, 0.3) is 0 Å². The summed E-state index contributed by atoms with van der Waals surface area (Å²) in [7, 11) is 2.07. The van der Waals surface area contributed by atoms with Gasteiger partial charge in [0, 0.05) is 19.4 Å². The second kappa shape index (κ2) is 6.44. The largest absolute Gasteiger partial charge is 0.336 e. The van der Waals surface area contributed by atoms with E-state index in [1.165, 1.54) is 30.4 Å². The first-order chi connectivity index (χ1) is 10.3. The van der Waals surface area contributed by atoms with Crippen molar-refractivity contribution in [2.45, 2.75) is 44.6 Å². The van der Waals surface area contributed by atoms with Crippen molar-refractivity contribution in [2.24, 2.45) is 7.05 Å². The van der Waals surface area contributed by atoms with Crippen molar-refractivity contribution >= 4 is 0 Å². The Hall–Kier alpha value is -1.61. The first-order valence-corrected chi connectivity index (χ1v) is 8.10. The minimum atomic E-state index is 0.185. The van der Waals surface area contributed by atoms with Gasteiger partial charge in [0.1, 0.15) is 5.82 Å². The first kappa shape index (κ1) is 14.3. The fourth-order valence-corrected chi connectivity index (χ4v) is 3.04. The maximum absolute atomic E-state index is 4.55. The second-order valence-electron chi connectivity index (χ2n) is 6.08. The van der Waals surface area contributed by atoms with E-state index in [-0.39, 0.29) is 6.04 Å². The van der Waals surface area contributed by atoms with Crippen LogP contribution in [0.15, 0.2) is 36.7 Å². The van der Waals surface area contributed by atoms with Crippen LogP contribution in [0.5, 0.6) is 0 Å². The molecule has 3 heteroatoms. The molecule has 0 aliphatic heterocycles. The van der Waals surface area contributed by atoms with Crippen LogP contribution >= 0.6 is 0 Å². The zero-order valence-corrected chi connectivity index (χ0v) is 13.0. The van der Waals surface area contributed by atoms with Gasteiger partial charge in [-0.15, -0.1) is 0 Å². The van der Waals surface area contributed by atoms with E-state index in [1.54, 1.807) is 0 Å². The Morgan fingerprint density at radius 1 is 1.38 bits per heavy atom. The van der Waals surface area contributed by atoms with Gasteiger partial charge < -0.3 is 9.88 Å². The zero-order valence-electron chi connectivity index (χ0n) is 13.0. The summed E-state index contributed by atoms with van der Waals surface area (Å²) in [5, 5.41) is 3.65. The molecule has 1 N–H and O–H groups in total. The van der Waals surface area contributed by atoms with Crippen LogP contribution in [0.3, 0.4) is 0 Å². The third-order valence-corrected chi connectivity index (χ3v) is 4.54. The average Bonchev–Trinajstić information content (AvgIpc) is 2.84. The summed E-state index contributed by atoms with van der Waals surface area (Å²) in [4.78, 5) is 4.55. The topological polar surface area (TPSA) is 29.9 Å². The highest BCUT2D eigenvalue weighted by molar-refractivity contribution is 5.32. The van der Waals surface area contributed by atoms with E-state index >= 15 is 0 Å². The lowest BCUT2D eigenvalue weighted by atomic mass is 9.79. The fraction of sp³-hybridized carbons (Fsp3) is 0.500. The third-order valence-electron chi connectivity index (χ3n) is 4.54. The van der Waals surface area contributed by atoms with Crippen LogP contribution in [-0.2, 0) is 7.05 Å². The summed E-state index contributed by atoms with van der Waals surface area (Å²) in [5.41, 5.74) is 2.83. The van der Waals surface area contributed by atoms with Crippen molar-refractivity contribution in [3.05, 3.63) is 53.6 Å². The van der Waals surface area contributed by atoms with Gasteiger partial charge in [0.05, 0.1) is 6.04 Å². The number of aromatic nitrogens is 2. The highest BCUT2D eigenvalue weighted by Crippen LogP contribution is 2.37. The maximum Gasteiger partial charge on any atom is 0.130 e. The smallest absolute Gasteiger partial charge is 0.130 e. The van der Waals surface area contributed by atoms with Crippen molar-refractivity contribution in [3.63, 3.8) is 0 Å². The zero-order chi connectivity index (χ0) is 14.7. The minimum absolute atomic E-state index is 0.185. The molecule has 2 aromatic rings. The number of hydrogen-bond donors (Lipinski definition) is 1. The standard InChI is InChI=1S/C18H25N3/c1-3-10-19-17(18-20-11-12-21(18)2)16-9-5-8-15(13-16)14-6-4-7-14/h5,8-9,11-14,17,19H,3-4,6-7,10H2,1-2H3. The molecule has 1 unspecified atom stereocenters. The van der Waals surface area contributed by atoms with Crippen molar-refractivity contribution in [1.29, 1.82) is 0 Å². The predicted molar refractivity (Wildman–Crippen MR) is 86.4 cm³/mol. The van der Waals surface area contributed by atoms with Crippen molar-refractivity contribution < 1.29 is 0 Å². The SMILES string of the molecule is CCCNC(c1cccc(C2CCC2)c1)c1nccn1C. The molecule has 1 heterocycles. The van der Waals surface area contributed by atoms with E-state index in [0.29, 0.717) is 0 Å². The number of nitrogens with one attached hydrogen (secondary N) is 1. The van der Waals surface area contributed by atoms with Gasteiger partial charge in [-0.25, -0.2) is 4.98 Å². The Labute approximate surface area is 127 Å². The molecule has 1 aliphatic rings. The van der Waals surface area contributed by atoms with Crippen LogP contribution in [0, 0.1) is 0 Å².